The van der Waals surface area contributed by atoms with Gasteiger partial charge in [0.25, 0.3) is 0 Å². The van der Waals surface area contributed by atoms with Crippen LogP contribution in [0.5, 0.6) is 0 Å². The van der Waals surface area contributed by atoms with Crippen molar-refractivity contribution in [3.8, 4) is 11.4 Å². The summed E-state index contributed by atoms with van der Waals surface area (Å²) in [6, 6.07) is 10.0. The van der Waals surface area contributed by atoms with Crippen LogP contribution in [0.1, 0.15) is 12.5 Å². The van der Waals surface area contributed by atoms with Crippen molar-refractivity contribution in [2.24, 2.45) is 7.05 Å². The normalized spacial score (nSPS) is 14.6. The van der Waals surface area contributed by atoms with Crippen LogP contribution >= 0.6 is 11.6 Å². The van der Waals surface area contributed by atoms with Gasteiger partial charge in [-0.05, 0) is 6.42 Å². The van der Waals surface area contributed by atoms with Crippen molar-refractivity contribution in [3.63, 3.8) is 0 Å². The van der Waals surface area contributed by atoms with Crippen molar-refractivity contribution in [1.29, 1.82) is 0 Å². The standard InChI is InChI=1S/C20H23ClN6/c1-3-16-17(21)23-18(15-7-5-4-6-8-15)24-19(16)26-11-13-27(14-12-26)20-22-9-10-25(20)2/h4-10H,3,11-14H2,1-2H3. The van der Waals surface area contributed by atoms with Gasteiger partial charge in [-0.25, -0.2) is 15.0 Å². The molecule has 7 heteroatoms. The predicted octanol–water partition coefficient (Wildman–Crippen LogP) is 3.42. The second-order valence-electron chi connectivity index (χ2n) is 6.67. The summed E-state index contributed by atoms with van der Waals surface area (Å²) in [5.74, 6) is 2.64. The van der Waals surface area contributed by atoms with E-state index in [2.05, 4.69) is 31.3 Å². The van der Waals surface area contributed by atoms with Crippen LogP contribution in [-0.4, -0.2) is 45.7 Å². The van der Waals surface area contributed by atoms with Gasteiger partial charge in [0.2, 0.25) is 5.95 Å². The molecule has 1 aliphatic heterocycles. The quantitative estimate of drug-likeness (QED) is 0.647. The lowest BCUT2D eigenvalue weighted by atomic mass is 10.1. The van der Waals surface area contributed by atoms with Gasteiger partial charge in [-0.1, -0.05) is 48.9 Å². The fourth-order valence-corrected chi connectivity index (χ4v) is 3.81. The first kappa shape index (κ1) is 17.8. The molecule has 0 aliphatic carbocycles. The van der Waals surface area contributed by atoms with Gasteiger partial charge in [-0.15, -0.1) is 0 Å². The Hall–Kier alpha value is -2.60. The fraction of sp³-hybridized carbons (Fsp3) is 0.350. The predicted molar refractivity (Wildman–Crippen MR) is 109 cm³/mol. The molecule has 0 radical (unpaired) electrons. The van der Waals surface area contributed by atoms with E-state index in [9.17, 15) is 0 Å². The summed E-state index contributed by atoms with van der Waals surface area (Å²) in [6.07, 6.45) is 4.63. The summed E-state index contributed by atoms with van der Waals surface area (Å²) in [7, 11) is 2.03. The zero-order chi connectivity index (χ0) is 18.8. The first-order chi connectivity index (χ1) is 13.2. The minimum absolute atomic E-state index is 0.549. The third-order valence-corrected chi connectivity index (χ3v) is 5.29. The molecule has 0 N–H and O–H groups in total. The van der Waals surface area contributed by atoms with Gasteiger partial charge in [-0.2, -0.15) is 0 Å². The van der Waals surface area contributed by atoms with Gasteiger partial charge >= 0.3 is 0 Å². The molecule has 6 nitrogen and oxygen atoms in total. The Morgan fingerprint density at radius 2 is 1.70 bits per heavy atom. The average Bonchev–Trinajstić information content (AvgIpc) is 3.14. The van der Waals surface area contributed by atoms with Crippen molar-refractivity contribution < 1.29 is 0 Å². The van der Waals surface area contributed by atoms with Gasteiger partial charge in [-0.3, -0.25) is 0 Å². The summed E-state index contributed by atoms with van der Waals surface area (Å²) in [6.45, 7) is 5.65. The zero-order valence-corrected chi connectivity index (χ0v) is 16.4. The van der Waals surface area contributed by atoms with Gasteiger partial charge in [0.1, 0.15) is 11.0 Å². The summed E-state index contributed by atoms with van der Waals surface area (Å²) in [5.41, 5.74) is 2.00. The zero-order valence-electron chi connectivity index (χ0n) is 15.6. The Kier molecular flexibility index (Phi) is 4.99. The van der Waals surface area contributed by atoms with E-state index in [-0.39, 0.29) is 0 Å². The van der Waals surface area contributed by atoms with Crippen LogP contribution in [0.4, 0.5) is 11.8 Å². The molecule has 1 fully saturated rings. The van der Waals surface area contributed by atoms with E-state index < -0.39 is 0 Å². The molecule has 0 saturated carbocycles. The Labute approximate surface area is 164 Å². The Morgan fingerprint density at radius 1 is 1.00 bits per heavy atom. The lowest BCUT2D eigenvalue weighted by Crippen LogP contribution is -2.48. The molecule has 1 aliphatic rings. The number of aryl methyl sites for hydroxylation is 1. The number of hydrogen-bond donors (Lipinski definition) is 0. The van der Waals surface area contributed by atoms with Crippen LogP contribution in [0.3, 0.4) is 0 Å². The minimum Gasteiger partial charge on any atom is -0.353 e. The SMILES string of the molecule is CCc1c(Cl)nc(-c2ccccc2)nc1N1CCN(c2nccn2C)CC1. The van der Waals surface area contributed by atoms with E-state index in [1.54, 1.807) is 0 Å². The summed E-state index contributed by atoms with van der Waals surface area (Å²) in [5, 5.41) is 0.549. The van der Waals surface area contributed by atoms with E-state index in [0.29, 0.717) is 11.0 Å². The maximum atomic E-state index is 6.53. The van der Waals surface area contributed by atoms with Gasteiger partial charge in [0, 0.05) is 56.7 Å². The minimum atomic E-state index is 0.549. The monoisotopic (exact) mass is 382 g/mol. The third-order valence-electron chi connectivity index (χ3n) is 4.98. The molecule has 0 unspecified atom stereocenters. The molecule has 0 atom stereocenters. The summed E-state index contributed by atoms with van der Waals surface area (Å²) in [4.78, 5) is 18.5. The first-order valence-electron chi connectivity index (χ1n) is 9.26. The number of nitrogens with zero attached hydrogens (tertiary/aromatic N) is 6. The second kappa shape index (κ2) is 7.56. The Bertz CT molecular complexity index is 915. The lowest BCUT2D eigenvalue weighted by molar-refractivity contribution is 0.623. The molecule has 3 heterocycles. The molecule has 1 aromatic carbocycles. The van der Waals surface area contributed by atoms with Crippen LogP contribution in [0, 0.1) is 0 Å². The maximum absolute atomic E-state index is 6.53. The number of benzene rings is 1. The highest BCUT2D eigenvalue weighted by molar-refractivity contribution is 6.30. The van der Waals surface area contributed by atoms with Crippen molar-refractivity contribution >= 4 is 23.4 Å². The van der Waals surface area contributed by atoms with Gasteiger partial charge in [0.15, 0.2) is 5.82 Å². The van der Waals surface area contributed by atoms with E-state index in [0.717, 1.165) is 55.5 Å². The lowest BCUT2D eigenvalue weighted by Gasteiger charge is -2.36. The third kappa shape index (κ3) is 3.49. The van der Waals surface area contributed by atoms with Crippen LogP contribution in [0.25, 0.3) is 11.4 Å². The van der Waals surface area contributed by atoms with Crippen molar-refractivity contribution in [2.45, 2.75) is 13.3 Å². The summed E-state index contributed by atoms with van der Waals surface area (Å²) >= 11 is 6.53. The molecule has 140 valence electrons. The van der Waals surface area contributed by atoms with E-state index >= 15 is 0 Å². The molecule has 0 spiro atoms. The van der Waals surface area contributed by atoms with Crippen LogP contribution in [0.15, 0.2) is 42.7 Å². The molecule has 0 amide bonds. The van der Waals surface area contributed by atoms with Gasteiger partial charge < -0.3 is 14.4 Å². The first-order valence-corrected chi connectivity index (χ1v) is 9.64. The molecule has 0 bridgehead atoms. The van der Waals surface area contributed by atoms with Crippen molar-refractivity contribution in [3.05, 3.63) is 53.4 Å². The Morgan fingerprint density at radius 3 is 2.33 bits per heavy atom. The number of imidazole rings is 1. The number of anilines is 2. The average molecular weight is 383 g/mol. The highest BCUT2D eigenvalue weighted by atomic mass is 35.5. The molecule has 4 rings (SSSR count). The number of hydrogen-bond acceptors (Lipinski definition) is 5. The number of aromatic nitrogens is 4. The van der Waals surface area contributed by atoms with Crippen LogP contribution < -0.4 is 9.80 Å². The van der Waals surface area contributed by atoms with Gasteiger partial charge in [0.05, 0.1) is 0 Å². The fourth-order valence-electron chi connectivity index (χ4n) is 3.51. The molecule has 3 aromatic rings. The highest BCUT2D eigenvalue weighted by Gasteiger charge is 2.24. The molecular formula is C20H23ClN6. The maximum Gasteiger partial charge on any atom is 0.205 e. The van der Waals surface area contributed by atoms with Crippen LogP contribution in [0.2, 0.25) is 5.15 Å². The molecular weight excluding hydrogens is 360 g/mol. The number of halogens is 1. The van der Waals surface area contributed by atoms with E-state index in [1.165, 1.54) is 0 Å². The number of piperazine rings is 1. The molecule has 2 aromatic heterocycles. The highest BCUT2D eigenvalue weighted by Crippen LogP contribution is 2.29. The largest absolute Gasteiger partial charge is 0.353 e. The molecule has 1 saturated heterocycles. The van der Waals surface area contributed by atoms with Crippen LogP contribution in [-0.2, 0) is 13.5 Å². The van der Waals surface area contributed by atoms with Crippen molar-refractivity contribution in [1.82, 2.24) is 19.5 Å². The topological polar surface area (TPSA) is 50.1 Å². The van der Waals surface area contributed by atoms with Crippen molar-refractivity contribution in [2.75, 3.05) is 36.0 Å². The van der Waals surface area contributed by atoms with E-state index in [1.807, 2.05) is 49.8 Å². The van der Waals surface area contributed by atoms with E-state index in [4.69, 9.17) is 16.6 Å². The second-order valence-corrected chi connectivity index (χ2v) is 7.03. The Balaban J connectivity index is 1.61. The smallest absolute Gasteiger partial charge is 0.205 e. The molecule has 27 heavy (non-hydrogen) atoms. The number of rotatable bonds is 4. The summed E-state index contributed by atoms with van der Waals surface area (Å²) < 4.78 is 2.06.